The molecule has 0 saturated carbocycles. The molecule has 0 spiro atoms. The van der Waals surface area contributed by atoms with Gasteiger partial charge in [0, 0.05) is 6.26 Å². The Bertz CT molecular complexity index is 286. The standard InChI is InChI=1S/C7H11NO2S/c1-4-5-7(2,6-8)11(3,9)10/h4H,1,5H2,2-3H3/t7-/m0/s1. The van der Waals surface area contributed by atoms with Crippen molar-refractivity contribution in [3.8, 4) is 6.07 Å². The predicted octanol–water partition coefficient (Wildman–Crippen LogP) is 0.889. The van der Waals surface area contributed by atoms with Crippen LogP contribution < -0.4 is 0 Å². The molecule has 0 aliphatic carbocycles. The van der Waals surface area contributed by atoms with Crippen LogP contribution in [0.4, 0.5) is 0 Å². The normalized spacial score (nSPS) is 16.5. The second-order valence-corrected chi connectivity index (χ2v) is 5.05. The summed E-state index contributed by atoms with van der Waals surface area (Å²) < 4.78 is 20.7. The van der Waals surface area contributed by atoms with E-state index < -0.39 is 14.6 Å². The van der Waals surface area contributed by atoms with Gasteiger partial charge in [-0.3, -0.25) is 0 Å². The van der Waals surface area contributed by atoms with Crippen molar-refractivity contribution in [1.29, 1.82) is 5.26 Å². The smallest absolute Gasteiger partial charge is 0.166 e. The minimum absolute atomic E-state index is 0.169. The van der Waals surface area contributed by atoms with Crippen LogP contribution in [-0.2, 0) is 9.84 Å². The van der Waals surface area contributed by atoms with Crippen molar-refractivity contribution in [3.05, 3.63) is 12.7 Å². The SMILES string of the molecule is C=CC[C@@](C)(C#N)S(C)(=O)=O. The molecule has 0 aliphatic heterocycles. The minimum Gasteiger partial charge on any atom is -0.227 e. The van der Waals surface area contributed by atoms with Crippen LogP contribution in [0, 0.1) is 11.3 Å². The van der Waals surface area contributed by atoms with Crippen LogP contribution in [-0.4, -0.2) is 19.4 Å². The highest BCUT2D eigenvalue weighted by molar-refractivity contribution is 7.92. The summed E-state index contributed by atoms with van der Waals surface area (Å²) in [5.74, 6) is 0. The van der Waals surface area contributed by atoms with E-state index in [4.69, 9.17) is 5.26 Å². The van der Waals surface area contributed by atoms with Gasteiger partial charge in [-0.15, -0.1) is 6.58 Å². The number of sulfone groups is 1. The number of rotatable bonds is 3. The molecule has 0 aliphatic rings. The fourth-order valence-corrected chi connectivity index (χ4v) is 1.14. The van der Waals surface area contributed by atoms with Gasteiger partial charge in [0.2, 0.25) is 0 Å². The summed E-state index contributed by atoms with van der Waals surface area (Å²) in [5.41, 5.74) is 0. The molecule has 0 saturated heterocycles. The van der Waals surface area contributed by atoms with Crippen molar-refractivity contribution in [2.24, 2.45) is 0 Å². The molecule has 0 amide bonds. The highest BCUT2D eigenvalue weighted by atomic mass is 32.2. The van der Waals surface area contributed by atoms with E-state index in [2.05, 4.69) is 6.58 Å². The molecule has 1 atom stereocenters. The van der Waals surface area contributed by atoms with Gasteiger partial charge < -0.3 is 0 Å². The fourth-order valence-electron chi connectivity index (χ4n) is 0.555. The van der Waals surface area contributed by atoms with Crippen molar-refractivity contribution >= 4 is 9.84 Å². The summed E-state index contributed by atoms with van der Waals surface area (Å²) >= 11 is 0. The quantitative estimate of drug-likeness (QED) is 0.595. The Morgan fingerprint density at radius 1 is 1.73 bits per heavy atom. The molecular formula is C7H11NO2S. The summed E-state index contributed by atoms with van der Waals surface area (Å²) in [6, 6.07) is 1.76. The average Bonchev–Trinajstić information content (AvgIpc) is 1.86. The zero-order valence-corrected chi connectivity index (χ0v) is 7.48. The average molecular weight is 173 g/mol. The van der Waals surface area contributed by atoms with E-state index in [1.54, 1.807) is 6.07 Å². The van der Waals surface area contributed by atoms with Crippen LogP contribution in [0.1, 0.15) is 13.3 Å². The lowest BCUT2D eigenvalue weighted by molar-refractivity contribution is 0.573. The van der Waals surface area contributed by atoms with Gasteiger partial charge in [-0.1, -0.05) is 6.08 Å². The Morgan fingerprint density at radius 3 is 2.27 bits per heavy atom. The van der Waals surface area contributed by atoms with Crippen LogP contribution in [0.2, 0.25) is 0 Å². The molecule has 0 aromatic rings. The summed E-state index contributed by atoms with van der Waals surface area (Å²) in [4.78, 5) is 0. The first-order chi connectivity index (χ1) is 4.87. The van der Waals surface area contributed by atoms with Gasteiger partial charge in [0.1, 0.15) is 0 Å². The maximum absolute atomic E-state index is 11.0. The van der Waals surface area contributed by atoms with Crippen molar-refractivity contribution in [3.63, 3.8) is 0 Å². The first kappa shape index (κ1) is 10.2. The number of nitrogens with zero attached hydrogens (tertiary/aromatic N) is 1. The Morgan fingerprint density at radius 2 is 2.18 bits per heavy atom. The van der Waals surface area contributed by atoms with Crippen molar-refractivity contribution in [2.75, 3.05) is 6.26 Å². The van der Waals surface area contributed by atoms with Gasteiger partial charge in [-0.05, 0) is 13.3 Å². The highest BCUT2D eigenvalue weighted by Gasteiger charge is 2.34. The Labute approximate surface area is 67.3 Å². The van der Waals surface area contributed by atoms with Crippen LogP contribution >= 0.6 is 0 Å². The molecule has 0 heterocycles. The first-order valence-corrected chi connectivity index (χ1v) is 4.98. The Hall–Kier alpha value is -0.820. The largest absolute Gasteiger partial charge is 0.227 e. The van der Waals surface area contributed by atoms with Crippen molar-refractivity contribution < 1.29 is 8.42 Å². The number of hydrogen-bond donors (Lipinski definition) is 0. The van der Waals surface area contributed by atoms with E-state index in [1.807, 2.05) is 0 Å². The molecule has 0 aromatic heterocycles. The lowest BCUT2D eigenvalue weighted by Crippen LogP contribution is -2.31. The molecule has 4 heteroatoms. The van der Waals surface area contributed by atoms with E-state index in [0.29, 0.717) is 0 Å². The van der Waals surface area contributed by atoms with Gasteiger partial charge in [-0.25, -0.2) is 8.42 Å². The number of hydrogen-bond acceptors (Lipinski definition) is 3. The second kappa shape index (κ2) is 3.05. The van der Waals surface area contributed by atoms with Crippen LogP contribution in [0.5, 0.6) is 0 Å². The summed E-state index contributed by atoms with van der Waals surface area (Å²) in [6.07, 6.45) is 2.66. The van der Waals surface area contributed by atoms with E-state index in [0.717, 1.165) is 6.26 Å². The Balaban J connectivity index is 4.95. The third-order valence-electron chi connectivity index (χ3n) is 1.59. The van der Waals surface area contributed by atoms with Gasteiger partial charge >= 0.3 is 0 Å². The maximum Gasteiger partial charge on any atom is 0.166 e. The lowest BCUT2D eigenvalue weighted by Gasteiger charge is -2.16. The summed E-state index contributed by atoms with van der Waals surface area (Å²) in [6.45, 7) is 4.78. The fraction of sp³-hybridized carbons (Fsp3) is 0.571. The third-order valence-corrected chi connectivity index (χ3v) is 3.48. The molecule has 0 aromatic carbocycles. The number of allylic oxidation sites excluding steroid dienone is 1. The van der Waals surface area contributed by atoms with Gasteiger partial charge in [-0.2, -0.15) is 5.26 Å². The topological polar surface area (TPSA) is 57.9 Å². The molecular weight excluding hydrogens is 162 g/mol. The molecule has 0 N–H and O–H groups in total. The molecule has 11 heavy (non-hydrogen) atoms. The molecule has 0 unspecified atom stereocenters. The zero-order valence-electron chi connectivity index (χ0n) is 6.66. The van der Waals surface area contributed by atoms with Crippen molar-refractivity contribution in [1.82, 2.24) is 0 Å². The lowest BCUT2D eigenvalue weighted by atomic mass is 10.1. The predicted molar refractivity (Wildman–Crippen MR) is 43.7 cm³/mol. The monoisotopic (exact) mass is 173 g/mol. The maximum atomic E-state index is 11.0. The van der Waals surface area contributed by atoms with Crippen LogP contribution in [0.3, 0.4) is 0 Å². The van der Waals surface area contributed by atoms with Crippen LogP contribution in [0.25, 0.3) is 0 Å². The van der Waals surface area contributed by atoms with E-state index in [1.165, 1.54) is 13.0 Å². The molecule has 0 bridgehead atoms. The summed E-state index contributed by atoms with van der Waals surface area (Å²) in [7, 11) is -3.31. The third kappa shape index (κ3) is 2.05. The van der Waals surface area contributed by atoms with E-state index >= 15 is 0 Å². The summed E-state index contributed by atoms with van der Waals surface area (Å²) in [5, 5.41) is 8.58. The molecule has 0 radical (unpaired) electrons. The van der Waals surface area contributed by atoms with Gasteiger partial charge in [0.05, 0.1) is 6.07 Å². The molecule has 0 rings (SSSR count). The Kier molecular flexibility index (Phi) is 2.83. The van der Waals surface area contributed by atoms with E-state index in [9.17, 15) is 8.42 Å². The first-order valence-electron chi connectivity index (χ1n) is 3.09. The molecule has 3 nitrogen and oxygen atoms in total. The van der Waals surface area contributed by atoms with Gasteiger partial charge in [0.25, 0.3) is 0 Å². The van der Waals surface area contributed by atoms with E-state index in [-0.39, 0.29) is 6.42 Å². The molecule has 0 fully saturated rings. The zero-order chi connectivity index (χ0) is 9.12. The highest BCUT2D eigenvalue weighted by Crippen LogP contribution is 2.19. The second-order valence-electron chi connectivity index (χ2n) is 2.61. The molecule has 62 valence electrons. The van der Waals surface area contributed by atoms with Gasteiger partial charge in [0.15, 0.2) is 14.6 Å². The number of nitriles is 1. The minimum atomic E-state index is -3.31. The van der Waals surface area contributed by atoms with Crippen LogP contribution in [0.15, 0.2) is 12.7 Å². The van der Waals surface area contributed by atoms with Crippen molar-refractivity contribution in [2.45, 2.75) is 18.1 Å².